The zero-order chi connectivity index (χ0) is 15.8. The number of halogens is 7. The van der Waals surface area contributed by atoms with Crippen molar-refractivity contribution in [1.29, 1.82) is 0 Å². The molecule has 1 heterocycles. The predicted octanol–water partition coefficient (Wildman–Crippen LogP) is 5.03. The van der Waals surface area contributed by atoms with Gasteiger partial charge in [0.25, 0.3) is 0 Å². The molecule has 1 nitrogen and oxygen atoms in total. The van der Waals surface area contributed by atoms with Crippen LogP contribution < -0.4 is 4.74 Å². The highest BCUT2D eigenvalue weighted by molar-refractivity contribution is 6.21. The molecular weight excluding hydrogens is 322 g/mol. The second kappa shape index (κ2) is 5.59. The van der Waals surface area contributed by atoms with Crippen molar-refractivity contribution < 1.29 is 31.1 Å². The van der Waals surface area contributed by atoms with E-state index in [0.717, 1.165) is 6.07 Å². The molecule has 0 spiro atoms. The minimum Gasteiger partial charge on any atom is -0.493 e. The molecule has 0 saturated heterocycles. The molecular formula is C13H11ClF6O. The van der Waals surface area contributed by atoms with Gasteiger partial charge in [0, 0.05) is 0 Å². The molecule has 0 amide bonds. The zero-order valence-corrected chi connectivity index (χ0v) is 11.3. The van der Waals surface area contributed by atoms with Crippen LogP contribution in [0.15, 0.2) is 18.2 Å². The number of hydrogen-bond donors (Lipinski definition) is 0. The zero-order valence-electron chi connectivity index (χ0n) is 10.6. The second-order valence-electron chi connectivity index (χ2n) is 4.78. The molecule has 0 fully saturated rings. The molecule has 1 unspecified atom stereocenters. The van der Waals surface area contributed by atoms with Gasteiger partial charge in [0.15, 0.2) is 5.92 Å². The third-order valence-electron chi connectivity index (χ3n) is 3.25. The first-order chi connectivity index (χ1) is 9.60. The Balaban J connectivity index is 2.35. The van der Waals surface area contributed by atoms with Gasteiger partial charge in [-0.2, -0.15) is 26.3 Å². The lowest BCUT2D eigenvalue weighted by atomic mass is 9.94. The van der Waals surface area contributed by atoms with Gasteiger partial charge in [-0.25, -0.2) is 0 Å². The number of aryl methyl sites for hydroxylation is 1. The minimum absolute atomic E-state index is 0.208. The maximum atomic E-state index is 12.7. The van der Waals surface area contributed by atoms with Crippen LogP contribution in [0, 0.1) is 5.92 Å². The Morgan fingerprint density at radius 3 is 2.24 bits per heavy atom. The number of ether oxygens (including phenoxy) is 1. The molecule has 21 heavy (non-hydrogen) atoms. The Kier molecular flexibility index (Phi) is 4.33. The Morgan fingerprint density at radius 2 is 1.67 bits per heavy atom. The largest absolute Gasteiger partial charge is 0.493 e. The van der Waals surface area contributed by atoms with Crippen LogP contribution >= 0.6 is 11.6 Å². The lowest BCUT2D eigenvalue weighted by molar-refractivity contribution is -0.284. The Hall–Kier alpha value is -1.11. The summed E-state index contributed by atoms with van der Waals surface area (Å²) in [6, 6.07) is 3.77. The normalized spacial score (nSPS) is 17.3. The van der Waals surface area contributed by atoms with E-state index in [1.165, 1.54) is 12.1 Å². The third-order valence-corrected chi connectivity index (χ3v) is 3.75. The van der Waals surface area contributed by atoms with Crippen LogP contribution in [0.2, 0.25) is 0 Å². The predicted molar refractivity (Wildman–Crippen MR) is 64.5 cm³/mol. The molecule has 0 bridgehead atoms. The molecule has 0 aromatic heterocycles. The van der Waals surface area contributed by atoms with Crippen LogP contribution in [0.5, 0.6) is 5.75 Å². The number of alkyl halides is 7. The van der Waals surface area contributed by atoms with Crippen molar-refractivity contribution in [3.8, 4) is 5.75 Å². The SMILES string of the molecule is FC(F)(F)C(C(Cl)c1ccc2c(c1)CCCO2)C(F)(F)F. The highest BCUT2D eigenvalue weighted by atomic mass is 35.5. The summed E-state index contributed by atoms with van der Waals surface area (Å²) < 4.78 is 81.2. The average molecular weight is 333 g/mol. The molecule has 1 aromatic rings. The molecule has 2 rings (SSSR count). The van der Waals surface area contributed by atoms with Crippen LogP contribution in [-0.2, 0) is 6.42 Å². The summed E-state index contributed by atoms with van der Waals surface area (Å²) in [6.45, 7) is 0.477. The van der Waals surface area contributed by atoms with E-state index in [2.05, 4.69) is 0 Å². The van der Waals surface area contributed by atoms with E-state index in [1.807, 2.05) is 0 Å². The monoisotopic (exact) mass is 332 g/mol. The van der Waals surface area contributed by atoms with Crippen molar-refractivity contribution in [2.75, 3.05) is 6.61 Å². The summed E-state index contributed by atoms with van der Waals surface area (Å²) in [6.07, 6.45) is -9.73. The van der Waals surface area contributed by atoms with Gasteiger partial charge in [0.2, 0.25) is 0 Å². The molecule has 0 aliphatic carbocycles. The number of fused-ring (bicyclic) bond motifs is 1. The molecule has 0 N–H and O–H groups in total. The Morgan fingerprint density at radius 1 is 1.05 bits per heavy atom. The molecule has 8 heteroatoms. The van der Waals surface area contributed by atoms with Gasteiger partial charge < -0.3 is 4.74 Å². The quantitative estimate of drug-likeness (QED) is 0.545. The molecule has 1 aliphatic heterocycles. The van der Waals surface area contributed by atoms with Crippen LogP contribution in [0.4, 0.5) is 26.3 Å². The van der Waals surface area contributed by atoms with Gasteiger partial charge in [-0.15, -0.1) is 11.6 Å². The number of rotatable bonds is 2. The van der Waals surface area contributed by atoms with Gasteiger partial charge in [0.05, 0.1) is 12.0 Å². The van der Waals surface area contributed by atoms with Crippen molar-refractivity contribution in [3.63, 3.8) is 0 Å². The van der Waals surface area contributed by atoms with E-state index in [0.29, 0.717) is 30.8 Å². The molecule has 0 saturated carbocycles. The van der Waals surface area contributed by atoms with Crippen molar-refractivity contribution in [3.05, 3.63) is 29.3 Å². The van der Waals surface area contributed by atoms with E-state index < -0.39 is 23.6 Å². The highest BCUT2D eigenvalue weighted by Crippen LogP contribution is 2.49. The van der Waals surface area contributed by atoms with Crippen molar-refractivity contribution in [2.45, 2.75) is 30.6 Å². The smallest absolute Gasteiger partial charge is 0.402 e. The summed E-state index contributed by atoms with van der Waals surface area (Å²) in [5.41, 5.74) is 0.369. The van der Waals surface area contributed by atoms with E-state index in [9.17, 15) is 26.3 Å². The standard InChI is InChI=1S/C13H11ClF6O/c14-10(11(12(15,16)17)13(18,19)20)8-3-4-9-7(6-8)2-1-5-21-9/h3-4,6,10-11H,1-2,5H2. The van der Waals surface area contributed by atoms with Crippen LogP contribution in [0.1, 0.15) is 22.9 Å². The van der Waals surface area contributed by atoms with Gasteiger partial charge in [-0.1, -0.05) is 12.1 Å². The molecule has 1 aromatic carbocycles. The molecule has 1 atom stereocenters. The Bertz CT molecular complexity index is 496. The summed E-state index contributed by atoms with van der Waals surface area (Å²) in [5.74, 6) is -3.13. The summed E-state index contributed by atoms with van der Waals surface area (Å²) in [4.78, 5) is 0. The topological polar surface area (TPSA) is 9.23 Å². The van der Waals surface area contributed by atoms with Crippen molar-refractivity contribution >= 4 is 11.6 Å². The lowest BCUT2D eigenvalue weighted by Gasteiger charge is -2.28. The second-order valence-corrected chi connectivity index (χ2v) is 5.25. The van der Waals surface area contributed by atoms with E-state index in [1.54, 1.807) is 0 Å². The molecule has 0 radical (unpaired) electrons. The van der Waals surface area contributed by atoms with Crippen LogP contribution in [0.3, 0.4) is 0 Å². The number of benzene rings is 1. The number of hydrogen-bond acceptors (Lipinski definition) is 1. The first-order valence-corrected chi connectivity index (χ1v) is 6.57. The van der Waals surface area contributed by atoms with Gasteiger partial charge in [0.1, 0.15) is 5.75 Å². The van der Waals surface area contributed by atoms with Gasteiger partial charge >= 0.3 is 12.4 Å². The first-order valence-electron chi connectivity index (χ1n) is 6.14. The summed E-state index contributed by atoms with van der Waals surface area (Å²) in [5, 5.41) is -2.22. The van der Waals surface area contributed by atoms with Crippen LogP contribution in [0.25, 0.3) is 0 Å². The fourth-order valence-corrected chi connectivity index (χ4v) is 2.68. The lowest BCUT2D eigenvalue weighted by Crippen LogP contribution is -2.39. The van der Waals surface area contributed by atoms with Gasteiger partial charge in [-0.3, -0.25) is 0 Å². The molecule has 118 valence electrons. The average Bonchev–Trinajstić information content (AvgIpc) is 2.34. The maximum absolute atomic E-state index is 12.7. The summed E-state index contributed by atoms with van der Waals surface area (Å²) >= 11 is 5.50. The Labute approximate surface area is 121 Å². The van der Waals surface area contributed by atoms with E-state index >= 15 is 0 Å². The van der Waals surface area contributed by atoms with Crippen molar-refractivity contribution in [2.24, 2.45) is 5.92 Å². The van der Waals surface area contributed by atoms with Crippen molar-refractivity contribution in [1.82, 2.24) is 0 Å². The van der Waals surface area contributed by atoms with Gasteiger partial charge in [-0.05, 0) is 30.0 Å². The molecule has 1 aliphatic rings. The summed E-state index contributed by atoms with van der Waals surface area (Å²) in [7, 11) is 0. The fraction of sp³-hybridized carbons (Fsp3) is 0.538. The van der Waals surface area contributed by atoms with E-state index in [-0.39, 0.29) is 5.56 Å². The first kappa shape index (κ1) is 16.3. The minimum atomic E-state index is -5.46. The maximum Gasteiger partial charge on any atom is 0.402 e. The highest BCUT2D eigenvalue weighted by Gasteiger charge is 2.60. The third kappa shape index (κ3) is 3.56. The van der Waals surface area contributed by atoms with E-state index in [4.69, 9.17) is 16.3 Å². The fourth-order valence-electron chi connectivity index (χ4n) is 2.26. The van der Waals surface area contributed by atoms with Crippen LogP contribution in [-0.4, -0.2) is 19.0 Å².